The standard InChI is InChI=1S/C21H17F3N2O2S/c1-12-7-8-14(11-13(12)2)17-9-10-18(28-17)19(27)26-20(29)25-16-6-4-3-5-15(16)21(22,23)24/h3-11H,1-2H3,(H2,25,26,27,29). The van der Waals surface area contributed by atoms with E-state index in [-0.39, 0.29) is 16.6 Å². The van der Waals surface area contributed by atoms with Crippen molar-refractivity contribution >= 4 is 28.9 Å². The van der Waals surface area contributed by atoms with Gasteiger partial charge in [0.25, 0.3) is 5.91 Å². The molecule has 0 saturated carbocycles. The van der Waals surface area contributed by atoms with Gasteiger partial charge < -0.3 is 9.73 Å². The van der Waals surface area contributed by atoms with Crippen molar-refractivity contribution in [3.8, 4) is 11.3 Å². The lowest BCUT2D eigenvalue weighted by Gasteiger charge is -2.14. The fourth-order valence-corrected chi connectivity index (χ4v) is 2.87. The van der Waals surface area contributed by atoms with Crippen LogP contribution in [0.2, 0.25) is 0 Å². The summed E-state index contributed by atoms with van der Waals surface area (Å²) in [6.45, 7) is 3.96. The van der Waals surface area contributed by atoms with Crippen molar-refractivity contribution in [1.82, 2.24) is 5.32 Å². The molecule has 0 aliphatic rings. The number of hydrogen-bond donors (Lipinski definition) is 2. The van der Waals surface area contributed by atoms with E-state index in [1.165, 1.54) is 24.3 Å². The van der Waals surface area contributed by atoms with Crippen molar-refractivity contribution in [3.05, 3.63) is 77.0 Å². The van der Waals surface area contributed by atoms with Gasteiger partial charge in [0, 0.05) is 5.56 Å². The molecule has 1 heterocycles. The largest absolute Gasteiger partial charge is 0.451 e. The zero-order valence-corrected chi connectivity index (χ0v) is 16.4. The minimum Gasteiger partial charge on any atom is -0.451 e. The molecule has 0 atom stereocenters. The molecule has 1 amide bonds. The summed E-state index contributed by atoms with van der Waals surface area (Å²) >= 11 is 4.97. The third-order valence-corrected chi connectivity index (χ3v) is 4.53. The molecule has 0 saturated heterocycles. The monoisotopic (exact) mass is 418 g/mol. The predicted octanol–water partition coefficient (Wildman–Crippen LogP) is 5.71. The highest BCUT2D eigenvalue weighted by atomic mass is 32.1. The molecule has 0 radical (unpaired) electrons. The van der Waals surface area contributed by atoms with Crippen LogP contribution in [0.25, 0.3) is 11.3 Å². The number of anilines is 1. The van der Waals surface area contributed by atoms with Gasteiger partial charge in [-0.05, 0) is 67.5 Å². The third kappa shape index (κ3) is 4.83. The number of hydrogen-bond acceptors (Lipinski definition) is 3. The highest BCUT2D eigenvalue weighted by Gasteiger charge is 2.33. The van der Waals surface area contributed by atoms with Crippen molar-refractivity contribution < 1.29 is 22.4 Å². The number of alkyl halides is 3. The molecule has 0 aliphatic heterocycles. The number of benzene rings is 2. The summed E-state index contributed by atoms with van der Waals surface area (Å²) in [4.78, 5) is 12.3. The number of para-hydroxylation sites is 1. The Labute approximate surface area is 170 Å². The van der Waals surface area contributed by atoms with E-state index in [9.17, 15) is 18.0 Å². The molecular formula is C21H17F3N2O2S. The quantitative estimate of drug-likeness (QED) is 0.535. The van der Waals surface area contributed by atoms with Crippen molar-refractivity contribution in [1.29, 1.82) is 0 Å². The van der Waals surface area contributed by atoms with E-state index < -0.39 is 17.6 Å². The Bertz CT molecular complexity index is 1070. The number of thiocarbonyl (C=S) groups is 1. The summed E-state index contributed by atoms with van der Waals surface area (Å²) in [7, 11) is 0. The normalized spacial score (nSPS) is 11.2. The Morgan fingerprint density at radius 3 is 2.41 bits per heavy atom. The van der Waals surface area contributed by atoms with Crippen LogP contribution in [0.5, 0.6) is 0 Å². The molecular weight excluding hydrogens is 401 g/mol. The Hall–Kier alpha value is -3.13. The van der Waals surface area contributed by atoms with E-state index in [0.717, 1.165) is 22.8 Å². The molecule has 0 spiro atoms. The molecule has 8 heteroatoms. The van der Waals surface area contributed by atoms with Gasteiger partial charge in [-0.25, -0.2) is 0 Å². The van der Waals surface area contributed by atoms with E-state index in [1.54, 1.807) is 6.07 Å². The lowest BCUT2D eigenvalue weighted by molar-refractivity contribution is -0.136. The molecule has 29 heavy (non-hydrogen) atoms. The maximum absolute atomic E-state index is 13.1. The van der Waals surface area contributed by atoms with Crippen LogP contribution in [0.1, 0.15) is 27.2 Å². The molecule has 4 nitrogen and oxygen atoms in total. The first-order valence-electron chi connectivity index (χ1n) is 8.61. The molecule has 150 valence electrons. The Morgan fingerprint density at radius 1 is 1.00 bits per heavy atom. The average molecular weight is 418 g/mol. The number of carbonyl (C=O) groups is 1. The second kappa shape index (κ2) is 8.08. The summed E-state index contributed by atoms with van der Waals surface area (Å²) in [6, 6.07) is 13.8. The maximum atomic E-state index is 13.1. The Morgan fingerprint density at radius 2 is 1.72 bits per heavy atom. The minimum absolute atomic E-state index is 0.00788. The lowest BCUT2D eigenvalue weighted by Crippen LogP contribution is -2.34. The molecule has 1 aromatic heterocycles. The van der Waals surface area contributed by atoms with Crippen LogP contribution < -0.4 is 10.6 Å². The van der Waals surface area contributed by atoms with Gasteiger partial charge in [0.2, 0.25) is 0 Å². The van der Waals surface area contributed by atoms with Gasteiger partial charge in [0.05, 0.1) is 11.3 Å². The number of nitrogens with one attached hydrogen (secondary N) is 2. The van der Waals surface area contributed by atoms with E-state index in [1.807, 2.05) is 32.0 Å². The first-order valence-corrected chi connectivity index (χ1v) is 9.02. The van der Waals surface area contributed by atoms with Crippen LogP contribution in [-0.2, 0) is 6.18 Å². The van der Waals surface area contributed by atoms with Gasteiger partial charge in [0.15, 0.2) is 10.9 Å². The SMILES string of the molecule is Cc1ccc(-c2ccc(C(=O)NC(=S)Nc3ccccc3C(F)(F)F)o2)cc1C. The van der Waals surface area contributed by atoms with Crippen molar-refractivity contribution in [2.75, 3.05) is 5.32 Å². The van der Waals surface area contributed by atoms with Crippen LogP contribution in [0, 0.1) is 13.8 Å². The number of carbonyl (C=O) groups excluding carboxylic acids is 1. The predicted molar refractivity (Wildman–Crippen MR) is 109 cm³/mol. The number of aryl methyl sites for hydroxylation is 2. The van der Waals surface area contributed by atoms with Crippen molar-refractivity contribution in [3.63, 3.8) is 0 Å². The van der Waals surface area contributed by atoms with Crippen LogP contribution >= 0.6 is 12.2 Å². The zero-order valence-electron chi connectivity index (χ0n) is 15.6. The first-order chi connectivity index (χ1) is 13.6. The fourth-order valence-electron chi connectivity index (χ4n) is 2.67. The van der Waals surface area contributed by atoms with Crippen molar-refractivity contribution in [2.45, 2.75) is 20.0 Å². The molecule has 3 aromatic rings. The lowest BCUT2D eigenvalue weighted by atomic mass is 10.1. The summed E-state index contributed by atoms with van der Waals surface area (Å²) in [5.74, 6) is -0.173. The second-order valence-corrected chi connectivity index (χ2v) is 6.82. The second-order valence-electron chi connectivity index (χ2n) is 6.41. The Balaban J connectivity index is 1.71. The van der Waals surface area contributed by atoms with Gasteiger partial charge in [-0.3, -0.25) is 10.1 Å². The van der Waals surface area contributed by atoms with E-state index in [0.29, 0.717) is 5.76 Å². The van der Waals surface area contributed by atoms with Crippen molar-refractivity contribution in [2.24, 2.45) is 0 Å². The fraction of sp³-hybridized carbons (Fsp3) is 0.143. The summed E-state index contributed by atoms with van der Waals surface area (Å²) in [5, 5.41) is 4.47. The first kappa shape index (κ1) is 20.6. The van der Waals surface area contributed by atoms with Crippen LogP contribution in [0.15, 0.2) is 59.0 Å². The molecule has 0 aliphatic carbocycles. The summed E-state index contributed by atoms with van der Waals surface area (Å²) in [5.41, 5.74) is 1.89. The summed E-state index contributed by atoms with van der Waals surface area (Å²) in [6.07, 6.45) is -4.55. The van der Waals surface area contributed by atoms with Gasteiger partial charge in [-0.2, -0.15) is 13.2 Å². The molecule has 0 bridgehead atoms. The van der Waals surface area contributed by atoms with Crippen LogP contribution in [0.4, 0.5) is 18.9 Å². The number of rotatable bonds is 3. The smallest absolute Gasteiger partial charge is 0.418 e. The molecule has 2 aromatic carbocycles. The van der Waals surface area contributed by atoms with Gasteiger partial charge in [-0.1, -0.05) is 24.3 Å². The van der Waals surface area contributed by atoms with E-state index in [2.05, 4.69) is 10.6 Å². The number of furan rings is 1. The Kier molecular flexibility index (Phi) is 5.74. The van der Waals surface area contributed by atoms with Gasteiger partial charge >= 0.3 is 6.18 Å². The highest BCUT2D eigenvalue weighted by Crippen LogP contribution is 2.34. The van der Waals surface area contributed by atoms with Crippen LogP contribution in [-0.4, -0.2) is 11.0 Å². The number of amides is 1. The number of halogens is 3. The minimum atomic E-state index is -4.55. The van der Waals surface area contributed by atoms with E-state index >= 15 is 0 Å². The molecule has 2 N–H and O–H groups in total. The molecule has 0 unspecified atom stereocenters. The van der Waals surface area contributed by atoms with Gasteiger partial charge in [-0.15, -0.1) is 0 Å². The maximum Gasteiger partial charge on any atom is 0.418 e. The topological polar surface area (TPSA) is 54.3 Å². The highest BCUT2D eigenvalue weighted by molar-refractivity contribution is 7.80. The molecule has 3 rings (SSSR count). The average Bonchev–Trinajstić information content (AvgIpc) is 3.14. The van der Waals surface area contributed by atoms with E-state index in [4.69, 9.17) is 16.6 Å². The zero-order chi connectivity index (χ0) is 21.2. The molecule has 0 fully saturated rings. The third-order valence-electron chi connectivity index (χ3n) is 4.33. The summed E-state index contributed by atoms with van der Waals surface area (Å²) < 4.78 is 44.7. The van der Waals surface area contributed by atoms with Crippen LogP contribution in [0.3, 0.4) is 0 Å². The van der Waals surface area contributed by atoms with Gasteiger partial charge in [0.1, 0.15) is 5.76 Å².